The van der Waals surface area contributed by atoms with Crippen molar-refractivity contribution in [2.75, 3.05) is 26.4 Å². The van der Waals surface area contributed by atoms with E-state index in [1.807, 2.05) is 0 Å². The van der Waals surface area contributed by atoms with Crippen molar-refractivity contribution in [2.24, 2.45) is 0 Å². The van der Waals surface area contributed by atoms with Crippen molar-refractivity contribution in [3.8, 4) is 5.75 Å². The molecule has 10 nitrogen and oxygen atoms in total. The van der Waals surface area contributed by atoms with Gasteiger partial charge in [-0.2, -0.15) is 0 Å². The summed E-state index contributed by atoms with van der Waals surface area (Å²) >= 11 is 0. The van der Waals surface area contributed by atoms with E-state index >= 15 is 0 Å². The molecule has 2 N–H and O–H groups in total. The molecule has 158 valence electrons. The number of aromatic nitrogens is 3. The van der Waals surface area contributed by atoms with Crippen molar-refractivity contribution in [1.29, 1.82) is 0 Å². The topological polar surface area (TPSA) is 132 Å². The number of carbonyl (C=O) groups is 2. The molecule has 0 saturated carbocycles. The Labute approximate surface area is 170 Å². The molecule has 0 spiro atoms. The number of esters is 1. The average Bonchev–Trinajstić information content (AvgIpc) is 3.17. The zero-order chi connectivity index (χ0) is 21.3. The SMILES string of the molecule is CC(=O)OCCOc1cc2c(cc1C(=O)O)[nH]c(=O)c1cnc(C3CCOCC3)n12. The van der Waals surface area contributed by atoms with Crippen LogP contribution in [0.15, 0.2) is 23.1 Å². The minimum absolute atomic E-state index is 0.00534. The maximum atomic E-state index is 12.6. The number of nitrogens with one attached hydrogen (secondary N) is 1. The highest BCUT2D eigenvalue weighted by Crippen LogP contribution is 2.30. The third kappa shape index (κ3) is 3.73. The van der Waals surface area contributed by atoms with Crippen LogP contribution in [-0.4, -0.2) is 57.8 Å². The number of fused-ring (bicyclic) bond motifs is 3. The number of carbonyl (C=O) groups excluding carboxylic acids is 1. The van der Waals surface area contributed by atoms with E-state index in [0.717, 1.165) is 18.7 Å². The maximum absolute atomic E-state index is 12.6. The number of aromatic amines is 1. The van der Waals surface area contributed by atoms with Gasteiger partial charge in [0.2, 0.25) is 0 Å². The van der Waals surface area contributed by atoms with Crippen LogP contribution in [0.1, 0.15) is 41.9 Å². The van der Waals surface area contributed by atoms with Gasteiger partial charge in [0, 0.05) is 32.1 Å². The number of H-pyrrole nitrogens is 1. The van der Waals surface area contributed by atoms with Crippen molar-refractivity contribution in [3.63, 3.8) is 0 Å². The maximum Gasteiger partial charge on any atom is 0.339 e. The summed E-state index contributed by atoms with van der Waals surface area (Å²) in [6.07, 6.45) is 3.09. The van der Waals surface area contributed by atoms with Crippen LogP contribution in [0.25, 0.3) is 16.6 Å². The second-order valence-electron chi connectivity index (χ2n) is 7.04. The van der Waals surface area contributed by atoms with Crippen molar-refractivity contribution in [2.45, 2.75) is 25.7 Å². The predicted molar refractivity (Wildman–Crippen MR) is 105 cm³/mol. The van der Waals surface area contributed by atoms with Gasteiger partial charge in [0.05, 0.1) is 17.2 Å². The molecule has 1 fully saturated rings. The van der Waals surface area contributed by atoms with Crippen molar-refractivity contribution < 1.29 is 28.9 Å². The van der Waals surface area contributed by atoms with E-state index in [1.165, 1.54) is 19.2 Å². The Morgan fingerprint density at radius 3 is 2.73 bits per heavy atom. The molecule has 1 aliphatic heterocycles. The fourth-order valence-corrected chi connectivity index (χ4v) is 3.69. The van der Waals surface area contributed by atoms with Gasteiger partial charge in [0.25, 0.3) is 5.56 Å². The van der Waals surface area contributed by atoms with Gasteiger partial charge in [0.15, 0.2) is 0 Å². The molecule has 10 heteroatoms. The van der Waals surface area contributed by atoms with E-state index in [2.05, 4.69) is 9.97 Å². The van der Waals surface area contributed by atoms with Gasteiger partial charge in [-0.25, -0.2) is 9.78 Å². The Morgan fingerprint density at radius 2 is 2.03 bits per heavy atom. The van der Waals surface area contributed by atoms with Crippen LogP contribution >= 0.6 is 0 Å². The van der Waals surface area contributed by atoms with Crippen LogP contribution in [0.4, 0.5) is 0 Å². The summed E-state index contributed by atoms with van der Waals surface area (Å²) in [4.78, 5) is 42.4. The van der Waals surface area contributed by atoms with Crippen LogP contribution in [0.2, 0.25) is 0 Å². The minimum atomic E-state index is -1.20. The van der Waals surface area contributed by atoms with Gasteiger partial charge < -0.3 is 24.3 Å². The molecule has 3 aromatic rings. The number of imidazole rings is 1. The highest BCUT2D eigenvalue weighted by molar-refractivity contribution is 5.96. The fraction of sp³-hybridized carbons (Fsp3) is 0.400. The molecule has 1 saturated heterocycles. The molecular formula is C20H21N3O7. The standard InChI is InChI=1S/C20H21N3O7/c1-11(24)29-6-7-30-17-9-15-14(8-13(17)20(26)27)22-19(25)16-10-21-18(23(15)16)12-2-4-28-5-3-12/h8-10,12H,2-7H2,1H3,(H,22,25)(H,26,27). The van der Waals surface area contributed by atoms with Gasteiger partial charge in [-0.15, -0.1) is 0 Å². The highest BCUT2D eigenvalue weighted by Gasteiger charge is 2.23. The molecular weight excluding hydrogens is 394 g/mol. The zero-order valence-electron chi connectivity index (χ0n) is 16.3. The van der Waals surface area contributed by atoms with E-state index in [0.29, 0.717) is 29.8 Å². The van der Waals surface area contributed by atoms with Gasteiger partial charge in [-0.1, -0.05) is 0 Å². The first kappa shape index (κ1) is 19.9. The molecule has 0 radical (unpaired) electrons. The van der Waals surface area contributed by atoms with E-state index in [-0.39, 0.29) is 36.0 Å². The van der Waals surface area contributed by atoms with Crippen molar-refractivity contribution in [3.05, 3.63) is 40.1 Å². The van der Waals surface area contributed by atoms with Gasteiger partial charge in [-0.3, -0.25) is 14.0 Å². The summed E-state index contributed by atoms with van der Waals surface area (Å²) in [7, 11) is 0. The largest absolute Gasteiger partial charge is 0.489 e. The quantitative estimate of drug-likeness (QED) is 0.459. The second kappa shape index (κ2) is 8.15. The lowest BCUT2D eigenvalue weighted by atomic mass is 9.99. The highest BCUT2D eigenvalue weighted by atomic mass is 16.6. The number of rotatable bonds is 6. The number of benzene rings is 1. The number of hydrogen-bond donors (Lipinski definition) is 2. The first-order chi connectivity index (χ1) is 14.5. The van der Waals surface area contributed by atoms with Crippen LogP contribution in [0, 0.1) is 0 Å². The minimum Gasteiger partial charge on any atom is -0.489 e. The summed E-state index contributed by atoms with van der Waals surface area (Å²) in [6.45, 7) is 2.51. The second-order valence-corrected chi connectivity index (χ2v) is 7.04. The fourth-order valence-electron chi connectivity index (χ4n) is 3.69. The number of aromatic carboxylic acids is 1. The lowest BCUT2D eigenvalue weighted by molar-refractivity contribution is -0.141. The molecule has 1 aliphatic rings. The Kier molecular flexibility index (Phi) is 5.40. The predicted octanol–water partition coefficient (Wildman–Crippen LogP) is 1.71. The smallest absolute Gasteiger partial charge is 0.339 e. The summed E-state index contributed by atoms with van der Waals surface area (Å²) in [6, 6.07) is 2.94. The summed E-state index contributed by atoms with van der Waals surface area (Å²) in [5.74, 6) is -0.677. The number of carboxylic acid groups (broad SMARTS) is 1. The summed E-state index contributed by atoms with van der Waals surface area (Å²) in [5.41, 5.74) is 0.860. The molecule has 2 aromatic heterocycles. The normalized spacial score (nSPS) is 14.8. The first-order valence-corrected chi connectivity index (χ1v) is 9.60. The third-order valence-corrected chi connectivity index (χ3v) is 5.07. The number of carboxylic acids is 1. The first-order valence-electron chi connectivity index (χ1n) is 9.60. The average molecular weight is 415 g/mol. The van der Waals surface area contributed by atoms with E-state index in [4.69, 9.17) is 14.2 Å². The Morgan fingerprint density at radius 1 is 1.27 bits per heavy atom. The molecule has 0 aliphatic carbocycles. The van der Waals surface area contributed by atoms with Crippen LogP contribution in [0.5, 0.6) is 5.75 Å². The van der Waals surface area contributed by atoms with E-state index < -0.39 is 11.9 Å². The van der Waals surface area contributed by atoms with Crippen LogP contribution in [0.3, 0.4) is 0 Å². The Bertz CT molecular complexity index is 1170. The molecule has 1 aromatic carbocycles. The van der Waals surface area contributed by atoms with Crippen molar-refractivity contribution >= 4 is 28.5 Å². The van der Waals surface area contributed by atoms with Crippen LogP contribution < -0.4 is 10.3 Å². The van der Waals surface area contributed by atoms with Gasteiger partial charge in [-0.05, 0) is 18.9 Å². The lowest BCUT2D eigenvalue weighted by Gasteiger charge is -2.21. The Hall–Kier alpha value is -3.40. The van der Waals surface area contributed by atoms with E-state index in [9.17, 15) is 19.5 Å². The molecule has 3 heterocycles. The lowest BCUT2D eigenvalue weighted by Crippen LogP contribution is -2.18. The van der Waals surface area contributed by atoms with Gasteiger partial charge in [0.1, 0.15) is 35.9 Å². The number of nitrogens with zero attached hydrogens (tertiary/aromatic N) is 2. The number of ether oxygens (including phenoxy) is 3. The molecule has 0 amide bonds. The monoisotopic (exact) mass is 415 g/mol. The molecule has 4 rings (SSSR count). The summed E-state index contributed by atoms with van der Waals surface area (Å²) in [5, 5.41) is 9.58. The molecule has 0 unspecified atom stereocenters. The van der Waals surface area contributed by atoms with Crippen LogP contribution in [-0.2, 0) is 14.3 Å². The molecule has 30 heavy (non-hydrogen) atoms. The molecule has 0 atom stereocenters. The van der Waals surface area contributed by atoms with E-state index in [1.54, 1.807) is 10.5 Å². The number of hydrogen-bond acceptors (Lipinski definition) is 7. The summed E-state index contributed by atoms with van der Waals surface area (Å²) < 4.78 is 17.6. The Balaban J connectivity index is 1.84. The third-order valence-electron chi connectivity index (χ3n) is 5.07. The van der Waals surface area contributed by atoms with Crippen molar-refractivity contribution in [1.82, 2.24) is 14.4 Å². The van der Waals surface area contributed by atoms with Gasteiger partial charge >= 0.3 is 11.9 Å². The molecule has 0 bridgehead atoms. The zero-order valence-corrected chi connectivity index (χ0v) is 16.3.